The number of carbonyl (C=O) groups is 2. The van der Waals surface area contributed by atoms with E-state index in [4.69, 9.17) is 9.73 Å². The lowest BCUT2D eigenvalue weighted by atomic mass is 10.1. The molecule has 0 saturated carbocycles. The van der Waals surface area contributed by atoms with Crippen LogP contribution in [0, 0.1) is 0 Å². The third kappa shape index (κ3) is 6.26. The van der Waals surface area contributed by atoms with Crippen molar-refractivity contribution in [3.8, 4) is 5.75 Å². The van der Waals surface area contributed by atoms with Gasteiger partial charge in [-0.05, 0) is 43.2 Å². The zero-order valence-corrected chi connectivity index (χ0v) is 19.8. The van der Waals surface area contributed by atoms with Crippen molar-refractivity contribution in [3.05, 3.63) is 90.5 Å². The van der Waals surface area contributed by atoms with Gasteiger partial charge in [-0.1, -0.05) is 66.4 Å². The predicted octanol–water partition coefficient (Wildman–Crippen LogP) is 5.29. The molecular formula is C27H27N3O3S. The average molecular weight is 474 g/mol. The maximum atomic E-state index is 13.2. The van der Waals surface area contributed by atoms with Crippen LogP contribution in [0.1, 0.15) is 18.9 Å². The Balaban J connectivity index is 1.52. The number of ether oxygens (including phenoxy) is 1. The van der Waals surface area contributed by atoms with Crippen LogP contribution in [0.3, 0.4) is 0 Å². The topological polar surface area (TPSA) is 71.0 Å². The third-order valence-corrected chi connectivity index (χ3v) is 6.48. The minimum atomic E-state index is -0.571. The Morgan fingerprint density at radius 2 is 1.79 bits per heavy atom. The van der Waals surface area contributed by atoms with Crippen molar-refractivity contribution in [3.63, 3.8) is 0 Å². The lowest BCUT2D eigenvalue weighted by Gasteiger charge is -2.32. The van der Waals surface area contributed by atoms with Gasteiger partial charge in [0, 0.05) is 24.7 Å². The zero-order chi connectivity index (χ0) is 23.8. The molecule has 7 heteroatoms. The number of benzene rings is 3. The maximum absolute atomic E-state index is 13.2. The van der Waals surface area contributed by atoms with Gasteiger partial charge in [0.15, 0.2) is 5.17 Å². The number of amidine groups is 1. The third-order valence-electron chi connectivity index (χ3n) is 5.29. The second kappa shape index (κ2) is 11.5. The zero-order valence-electron chi connectivity index (χ0n) is 19.0. The van der Waals surface area contributed by atoms with Gasteiger partial charge in [0.2, 0.25) is 11.8 Å². The monoisotopic (exact) mass is 473 g/mol. The van der Waals surface area contributed by atoms with E-state index in [1.807, 2.05) is 79.7 Å². The predicted molar refractivity (Wildman–Crippen MR) is 138 cm³/mol. The molecule has 1 atom stereocenters. The van der Waals surface area contributed by atoms with Crippen LogP contribution in [-0.4, -0.2) is 40.3 Å². The fourth-order valence-electron chi connectivity index (χ4n) is 3.61. The van der Waals surface area contributed by atoms with E-state index in [-0.39, 0.29) is 18.2 Å². The summed E-state index contributed by atoms with van der Waals surface area (Å²) in [4.78, 5) is 32.6. The smallest absolute Gasteiger partial charge is 0.238 e. The van der Waals surface area contributed by atoms with Gasteiger partial charge in [0.1, 0.15) is 11.0 Å². The average Bonchev–Trinajstić information content (AvgIpc) is 2.85. The molecule has 3 aromatic carbocycles. The van der Waals surface area contributed by atoms with E-state index >= 15 is 0 Å². The van der Waals surface area contributed by atoms with Crippen molar-refractivity contribution in [1.29, 1.82) is 0 Å². The fourth-order valence-corrected chi connectivity index (χ4v) is 4.74. The largest absolute Gasteiger partial charge is 0.494 e. The number of rotatable bonds is 8. The number of amides is 2. The summed E-state index contributed by atoms with van der Waals surface area (Å²) in [6.45, 7) is 2.96. The Morgan fingerprint density at radius 1 is 1.06 bits per heavy atom. The van der Waals surface area contributed by atoms with Gasteiger partial charge >= 0.3 is 0 Å². The second-order valence-corrected chi connectivity index (χ2v) is 8.94. The van der Waals surface area contributed by atoms with Crippen LogP contribution in [0.15, 0.2) is 89.9 Å². The van der Waals surface area contributed by atoms with Crippen LogP contribution in [0.5, 0.6) is 5.75 Å². The molecule has 0 unspecified atom stereocenters. The number of hydrogen-bond donors (Lipinski definition) is 1. The van der Waals surface area contributed by atoms with Crippen molar-refractivity contribution in [2.75, 3.05) is 18.5 Å². The van der Waals surface area contributed by atoms with Gasteiger partial charge in [-0.3, -0.25) is 14.5 Å². The Hall–Kier alpha value is -3.58. The Kier molecular flexibility index (Phi) is 7.99. The van der Waals surface area contributed by atoms with Crippen molar-refractivity contribution in [2.24, 2.45) is 4.99 Å². The molecule has 0 aliphatic carbocycles. The first-order chi connectivity index (χ1) is 16.6. The summed E-state index contributed by atoms with van der Waals surface area (Å²) >= 11 is 1.33. The van der Waals surface area contributed by atoms with Gasteiger partial charge in [0.25, 0.3) is 0 Å². The molecule has 1 aliphatic heterocycles. The molecule has 3 aromatic rings. The first kappa shape index (κ1) is 23.6. The number of anilines is 1. The quantitative estimate of drug-likeness (QED) is 0.483. The number of nitrogens with one attached hydrogen (secondary N) is 1. The Bertz CT molecular complexity index is 1150. The van der Waals surface area contributed by atoms with Crippen LogP contribution in [0.4, 0.5) is 11.4 Å². The normalized spacial score (nSPS) is 17.0. The molecule has 0 spiro atoms. The van der Waals surface area contributed by atoms with Gasteiger partial charge in [-0.2, -0.15) is 0 Å². The lowest BCUT2D eigenvalue weighted by molar-refractivity contribution is -0.129. The van der Waals surface area contributed by atoms with Crippen molar-refractivity contribution < 1.29 is 14.3 Å². The van der Waals surface area contributed by atoms with Crippen molar-refractivity contribution in [2.45, 2.75) is 25.0 Å². The molecule has 1 aliphatic rings. The number of thioether (sulfide) groups is 1. The summed E-state index contributed by atoms with van der Waals surface area (Å²) in [5, 5.41) is 2.90. The van der Waals surface area contributed by atoms with E-state index in [0.29, 0.717) is 36.2 Å². The van der Waals surface area contributed by atoms with Crippen molar-refractivity contribution >= 4 is 40.1 Å². The molecular weight excluding hydrogens is 446 g/mol. The molecule has 0 bridgehead atoms. The van der Waals surface area contributed by atoms with Crippen LogP contribution in [-0.2, 0) is 16.0 Å². The first-order valence-electron chi connectivity index (χ1n) is 11.3. The van der Waals surface area contributed by atoms with E-state index < -0.39 is 5.25 Å². The number of hydrogen-bond acceptors (Lipinski definition) is 5. The van der Waals surface area contributed by atoms with Crippen LogP contribution >= 0.6 is 11.8 Å². The molecule has 1 N–H and O–H groups in total. The first-order valence-corrected chi connectivity index (χ1v) is 12.2. The van der Waals surface area contributed by atoms with Crippen molar-refractivity contribution in [1.82, 2.24) is 4.90 Å². The van der Waals surface area contributed by atoms with E-state index in [1.54, 1.807) is 17.0 Å². The Morgan fingerprint density at radius 3 is 2.53 bits per heavy atom. The van der Waals surface area contributed by atoms with E-state index in [2.05, 4.69) is 5.32 Å². The van der Waals surface area contributed by atoms with Gasteiger partial charge in [-0.25, -0.2) is 4.99 Å². The maximum Gasteiger partial charge on any atom is 0.238 e. The molecule has 2 amide bonds. The van der Waals surface area contributed by atoms with E-state index in [9.17, 15) is 9.59 Å². The summed E-state index contributed by atoms with van der Waals surface area (Å²) in [6.07, 6.45) is 0.826. The van der Waals surface area contributed by atoms with E-state index in [1.165, 1.54) is 11.8 Å². The fraction of sp³-hybridized carbons (Fsp3) is 0.222. The summed E-state index contributed by atoms with van der Waals surface area (Å²) < 4.78 is 5.52. The van der Waals surface area contributed by atoms with Crippen LogP contribution in [0.2, 0.25) is 0 Å². The minimum absolute atomic E-state index is 0.104. The number of para-hydroxylation sites is 1. The van der Waals surface area contributed by atoms with Gasteiger partial charge < -0.3 is 10.1 Å². The molecule has 4 rings (SSSR count). The van der Waals surface area contributed by atoms with Gasteiger partial charge in [-0.15, -0.1) is 0 Å². The Labute approximate surface area is 204 Å². The molecule has 34 heavy (non-hydrogen) atoms. The molecule has 174 valence electrons. The summed E-state index contributed by atoms with van der Waals surface area (Å²) in [5.74, 6) is 0.356. The number of carbonyl (C=O) groups excluding carboxylic acids is 2. The number of nitrogens with zero attached hydrogens (tertiary/aromatic N) is 2. The molecule has 0 radical (unpaired) electrons. The molecule has 1 saturated heterocycles. The lowest BCUT2D eigenvalue weighted by Crippen LogP contribution is -2.46. The second-order valence-electron chi connectivity index (χ2n) is 7.77. The summed E-state index contributed by atoms with van der Waals surface area (Å²) in [6, 6.07) is 26.8. The standard InChI is InChI=1S/C27H27N3O3S/c1-2-33-23-15-9-14-22(18-23)28-26(32)24-19-25(31)30(17-16-20-10-5-3-6-11-20)27(34-24)29-21-12-7-4-8-13-21/h3-15,18,24H,2,16-17,19H2,1H3,(H,28,32)/t24-/m1/s1. The molecule has 6 nitrogen and oxygen atoms in total. The molecule has 0 aromatic heterocycles. The molecule has 1 heterocycles. The summed E-state index contributed by atoms with van der Waals surface area (Å²) in [7, 11) is 0. The SMILES string of the molecule is CCOc1cccc(NC(=O)[C@H]2CC(=O)N(CCc3ccccc3)C(=Nc3ccccc3)S2)c1. The highest BCUT2D eigenvalue weighted by Gasteiger charge is 2.35. The van der Waals surface area contributed by atoms with Crippen LogP contribution < -0.4 is 10.1 Å². The van der Waals surface area contributed by atoms with Crippen LogP contribution in [0.25, 0.3) is 0 Å². The van der Waals surface area contributed by atoms with Gasteiger partial charge in [0.05, 0.1) is 12.3 Å². The van der Waals surface area contributed by atoms with E-state index in [0.717, 1.165) is 11.3 Å². The highest BCUT2D eigenvalue weighted by molar-refractivity contribution is 8.15. The number of aliphatic imine (C=N–C) groups is 1. The highest BCUT2D eigenvalue weighted by Crippen LogP contribution is 2.30. The summed E-state index contributed by atoms with van der Waals surface area (Å²) in [5.41, 5.74) is 2.53. The minimum Gasteiger partial charge on any atom is -0.494 e. The molecule has 1 fully saturated rings. The highest BCUT2D eigenvalue weighted by atomic mass is 32.2.